The molecule has 2 heterocycles. The van der Waals surface area contributed by atoms with Crippen molar-refractivity contribution in [2.24, 2.45) is 4.99 Å². The quantitative estimate of drug-likeness (QED) is 0.363. The van der Waals surface area contributed by atoms with Crippen LogP contribution in [0.25, 0.3) is 0 Å². The maximum Gasteiger partial charge on any atom is 0.337 e. The molecule has 3 aromatic rings. The lowest BCUT2D eigenvalue weighted by Crippen LogP contribution is -2.47. The Hall–Kier alpha value is -4.34. The van der Waals surface area contributed by atoms with Crippen molar-refractivity contribution >= 4 is 40.6 Å². The second kappa shape index (κ2) is 11.6. The van der Waals surface area contributed by atoms with Crippen molar-refractivity contribution in [2.75, 3.05) is 57.1 Å². The standard InChI is InChI=1S/C30H31N5O4/c1-34(26(36)19-35-16-14-31-15-17-35)23-11-9-22(10-12-23)32-28(20-6-4-3-5-7-20)27-24-13-8-21(30(38)39-2)18-25(24)33-29(27)37/h3-13,18,27,31H,14-17,19H2,1-2H3,(H,33,37). The summed E-state index contributed by atoms with van der Waals surface area (Å²) in [7, 11) is 3.10. The monoisotopic (exact) mass is 525 g/mol. The van der Waals surface area contributed by atoms with Crippen LogP contribution in [0.1, 0.15) is 27.4 Å². The molecule has 1 atom stereocenters. The first-order valence-corrected chi connectivity index (χ1v) is 12.9. The molecular weight excluding hydrogens is 494 g/mol. The van der Waals surface area contributed by atoms with Gasteiger partial charge in [0.2, 0.25) is 11.8 Å². The van der Waals surface area contributed by atoms with Crippen LogP contribution in [0.3, 0.4) is 0 Å². The molecule has 0 bridgehead atoms. The maximum atomic E-state index is 13.2. The summed E-state index contributed by atoms with van der Waals surface area (Å²) >= 11 is 0. The molecule has 0 aliphatic carbocycles. The molecule has 2 aliphatic rings. The Bertz CT molecular complexity index is 1400. The number of piperazine rings is 1. The largest absolute Gasteiger partial charge is 0.465 e. The van der Waals surface area contributed by atoms with Crippen LogP contribution in [-0.2, 0) is 14.3 Å². The van der Waals surface area contributed by atoms with Gasteiger partial charge in [-0.05, 0) is 47.5 Å². The van der Waals surface area contributed by atoms with Crippen molar-refractivity contribution in [1.82, 2.24) is 10.2 Å². The van der Waals surface area contributed by atoms with Gasteiger partial charge in [0.25, 0.3) is 0 Å². The van der Waals surface area contributed by atoms with E-state index >= 15 is 0 Å². The van der Waals surface area contributed by atoms with Crippen molar-refractivity contribution in [2.45, 2.75) is 5.92 Å². The predicted octanol–water partition coefficient (Wildman–Crippen LogP) is 3.20. The summed E-state index contributed by atoms with van der Waals surface area (Å²) in [5.74, 6) is -1.31. The SMILES string of the molecule is COC(=O)c1ccc2c(c1)NC(=O)C2C(=Nc1ccc(N(C)C(=O)CN2CCNCC2)cc1)c1ccccc1. The summed E-state index contributed by atoms with van der Waals surface area (Å²) in [5.41, 5.74) is 4.51. The van der Waals surface area contributed by atoms with Gasteiger partial charge in [0, 0.05) is 44.6 Å². The average Bonchev–Trinajstić information content (AvgIpc) is 3.31. The van der Waals surface area contributed by atoms with Gasteiger partial charge in [0.05, 0.1) is 30.6 Å². The molecule has 9 heteroatoms. The van der Waals surface area contributed by atoms with Crippen molar-refractivity contribution < 1.29 is 19.1 Å². The molecule has 3 aromatic carbocycles. The van der Waals surface area contributed by atoms with Gasteiger partial charge in [-0.3, -0.25) is 19.5 Å². The fraction of sp³-hybridized carbons (Fsp3) is 0.267. The van der Waals surface area contributed by atoms with Gasteiger partial charge in [-0.25, -0.2) is 4.79 Å². The van der Waals surface area contributed by atoms with E-state index in [0.717, 1.165) is 43.0 Å². The van der Waals surface area contributed by atoms with E-state index in [2.05, 4.69) is 15.5 Å². The van der Waals surface area contributed by atoms with Gasteiger partial charge in [0.1, 0.15) is 5.92 Å². The number of rotatable bonds is 7. The molecule has 1 unspecified atom stereocenters. The van der Waals surface area contributed by atoms with E-state index in [1.165, 1.54) is 7.11 Å². The van der Waals surface area contributed by atoms with Crippen LogP contribution in [-0.4, -0.2) is 75.3 Å². The molecule has 39 heavy (non-hydrogen) atoms. The fourth-order valence-corrected chi connectivity index (χ4v) is 4.88. The number of carbonyl (C=O) groups is 3. The van der Waals surface area contributed by atoms with Gasteiger partial charge < -0.3 is 20.3 Å². The lowest BCUT2D eigenvalue weighted by molar-refractivity contribution is -0.119. The van der Waals surface area contributed by atoms with Gasteiger partial charge in [-0.1, -0.05) is 36.4 Å². The van der Waals surface area contributed by atoms with Crippen LogP contribution in [0.5, 0.6) is 0 Å². The van der Waals surface area contributed by atoms with E-state index in [4.69, 9.17) is 9.73 Å². The minimum absolute atomic E-state index is 0.0312. The zero-order valence-corrected chi connectivity index (χ0v) is 22.0. The van der Waals surface area contributed by atoms with Crippen molar-refractivity contribution in [3.05, 3.63) is 89.5 Å². The third-order valence-corrected chi connectivity index (χ3v) is 7.08. The number of esters is 1. The Kier molecular flexibility index (Phi) is 7.81. The van der Waals surface area contributed by atoms with E-state index < -0.39 is 11.9 Å². The van der Waals surface area contributed by atoms with Crippen molar-refractivity contribution in [1.29, 1.82) is 0 Å². The van der Waals surface area contributed by atoms with Gasteiger partial charge >= 0.3 is 5.97 Å². The highest BCUT2D eigenvalue weighted by molar-refractivity contribution is 6.24. The lowest BCUT2D eigenvalue weighted by atomic mass is 9.90. The Morgan fingerprint density at radius 2 is 1.72 bits per heavy atom. The van der Waals surface area contributed by atoms with E-state index in [9.17, 15) is 14.4 Å². The zero-order valence-electron chi connectivity index (χ0n) is 22.0. The molecule has 5 rings (SSSR count). The molecule has 9 nitrogen and oxygen atoms in total. The lowest BCUT2D eigenvalue weighted by Gasteiger charge is -2.28. The number of amides is 2. The number of anilines is 2. The van der Waals surface area contributed by atoms with Gasteiger partial charge in [-0.2, -0.15) is 0 Å². The molecule has 0 radical (unpaired) electrons. The number of methoxy groups -OCH3 is 1. The van der Waals surface area contributed by atoms with Crippen LogP contribution in [0.2, 0.25) is 0 Å². The maximum absolute atomic E-state index is 13.2. The van der Waals surface area contributed by atoms with Crippen LogP contribution in [0.4, 0.5) is 17.1 Å². The molecule has 0 aromatic heterocycles. The first-order chi connectivity index (χ1) is 18.9. The summed E-state index contributed by atoms with van der Waals surface area (Å²) in [5, 5.41) is 6.19. The smallest absolute Gasteiger partial charge is 0.337 e. The molecule has 1 fully saturated rings. The number of carbonyl (C=O) groups excluding carboxylic acids is 3. The molecule has 1 saturated heterocycles. The summed E-state index contributed by atoms with van der Waals surface area (Å²) < 4.78 is 4.82. The summed E-state index contributed by atoms with van der Waals surface area (Å²) in [6, 6.07) is 22.0. The normalized spacial score (nSPS) is 17.3. The van der Waals surface area contributed by atoms with Gasteiger partial charge in [-0.15, -0.1) is 0 Å². The molecule has 0 saturated carbocycles. The summed E-state index contributed by atoms with van der Waals surface area (Å²) in [6.07, 6.45) is 0. The molecular formula is C30H31N5O4. The van der Waals surface area contributed by atoms with E-state index in [-0.39, 0.29) is 11.8 Å². The van der Waals surface area contributed by atoms with Crippen LogP contribution >= 0.6 is 0 Å². The van der Waals surface area contributed by atoms with Crippen LogP contribution < -0.4 is 15.5 Å². The Labute approximate surface area is 227 Å². The Balaban J connectivity index is 1.42. The minimum atomic E-state index is -0.656. The Morgan fingerprint density at radius 3 is 2.41 bits per heavy atom. The number of benzene rings is 3. The second-order valence-corrected chi connectivity index (χ2v) is 9.57. The number of nitrogens with one attached hydrogen (secondary N) is 2. The number of hydrogen-bond acceptors (Lipinski definition) is 7. The van der Waals surface area contributed by atoms with E-state index in [1.807, 2.05) is 54.6 Å². The average molecular weight is 526 g/mol. The molecule has 2 amide bonds. The topological polar surface area (TPSA) is 103 Å². The third kappa shape index (κ3) is 5.74. The van der Waals surface area contributed by atoms with E-state index in [0.29, 0.717) is 29.2 Å². The molecule has 200 valence electrons. The summed E-state index contributed by atoms with van der Waals surface area (Å²) in [4.78, 5) is 46.8. The molecule has 2 aliphatic heterocycles. The fourth-order valence-electron chi connectivity index (χ4n) is 4.88. The number of fused-ring (bicyclic) bond motifs is 1. The first-order valence-electron chi connectivity index (χ1n) is 12.9. The number of aliphatic imine (C=N–C) groups is 1. The predicted molar refractivity (Wildman–Crippen MR) is 151 cm³/mol. The highest BCUT2D eigenvalue weighted by Crippen LogP contribution is 2.37. The number of nitrogens with zero attached hydrogens (tertiary/aromatic N) is 3. The van der Waals surface area contributed by atoms with Crippen LogP contribution in [0, 0.1) is 0 Å². The minimum Gasteiger partial charge on any atom is -0.465 e. The van der Waals surface area contributed by atoms with Crippen molar-refractivity contribution in [3.63, 3.8) is 0 Å². The molecule has 2 N–H and O–H groups in total. The highest BCUT2D eigenvalue weighted by Gasteiger charge is 2.36. The van der Waals surface area contributed by atoms with Crippen LogP contribution in [0.15, 0.2) is 77.8 Å². The summed E-state index contributed by atoms with van der Waals surface area (Å²) in [6.45, 7) is 3.88. The second-order valence-electron chi connectivity index (χ2n) is 9.57. The zero-order chi connectivity index (χ0) is 27.4. The van der Waals surface area contributed by atoms with E-state index in [1.54, 1.807) is 30.1 Å². The molecule has 0 spiro atoms. The number of likely N-dealkylation sites (N-methyl/N-ethyl adjacent to an activating group) is 1. The first kappa shape index (κ1) is 26.3. The Morgan fingerprint density at radius 1 is 1.00 bits per heavy atom. The van der Waals surface area contributed by atoms with Crippen molar-refractivity contribution in [3.8, 4) is 0 Å². The third-order valence-electron chi connectivity index (χ3n) is 7.08. The van der Waals surface area contributed by atoms with Gasteiger partial charge in [0.15, 0.2) is 0 Å². The number of ether oxygens (including phenoxy) is 1. The number of hydrogen-bond donors (Lipinski definition) is 2. The highest BCUT2D eigenvalue weighted by atomic mass is 16.5.